The third-order valence-corrected chi connectivity index (χ3v) is 2.13. The van der Waals surface area contributed by atoms with E-state index >= 15 is 0 Å². The molecule has 0 bridgehead atoms. The Balaban J connectivity index is 2.81. The van der Waals surface area contributed by atoms with Crippen molar-refractivity contribution in [2.45, 2.75) is 32.9 Å². The highest BCUT2D eigenvalue weighted by Gasteiger charge is 2.19. The second kappa shape index (κ2) is 4.94. The molecule has 1 aromatic rings. The van der Waals surface area contributed by atoms with Gasteiger partial charge in [-0.15, -0.1) is 0 Å². The van der Waals surface area contributed by atoms with Gasteiger partial charge in [0.15, 0.2) is 0 Å². The molecule has 0 aromatic heterocycles. The summed E-state index contributed by atoms with van der Waals surface area (Å²) in [5.74, 6) is -0.376. The molecule has 0 aliphatic carbocycles. The van der Waals surface area contributed by atoms with Gasteiger partial charge in [0.05, 0.1) is 6.10 Å². The number of carbonyl (C=O) groups excluding carboxylic acids is 1. The molecule has 82 valence electrons. The Bertz CT molecular complexity index is 347. The predicted octanol–water partition coefficient (Wildman–Crippen LogP) is 1.95. The van der Waals surface area contributed by atoms with Crippen molar-refractivity contribution in [2.24, 2.45) is 5.73 Å². The summed E-state index contributed by atoms with van der Waals surface area (Å²) in [6, 6.07) is 6.87. The minimum atomic E-state index is -0.686. The fraction of sp³-hybridized carbons (Fsp3) is 0.417. The maximum Gasteiger partial charge on any atom is 0.327 e. The van der Waals surface area contributed by atoms with Gasteiger partial charge in [-0.2, -0.15) is 0 Å². The fourth-order valence-corrected chi connectivity index (χ4v) is 1.37. The first-order valence-electron chi connectivity index (χ1n) is 5.04. The quantitative estimate of drug-likeness (QED) is 0.771. The Kier molecular flexibility index (Phi) is 3.86. The van der Waals surface area contributed by atoms with Crippen molar-refractivity contribution in [3.63, 3.8) is 0 Å². The zero-order valence-corrected chi connectivity index (χ0v) is 9.36. The van der Waals surface area contributed by atoms with Crippen LogP contribution in [0.3, 0.4) is 0 Å². The molecule has 1 rings (SSSR count). The van der Waals surface area contributed by atoms with Crippen LogP contribution in [0.5, 0.6) is 0 Å². The van der Waals surface area contributed by atoms with E-state index in [1.165, 1.54) is 0 Å². The molecule has 0 aliphatic heterocycles. The third kappa shape index (κ3) is 3.06. The Morgan fingerprint density at radius 1 is 1.33 bits per heavy atom. The maximum atomic E-state index is 11.6. The van der Waals surface area contributed by atoms with Crippen LogP contribution in [0.15, 0.2) is 24.3 Å². The first-order chi connectivity index (χ1) is 7.02. The van der Waals surface area contributed by atoms with Crippen LogP contribution in [-0.2, 0) is 9.53 Å². The average Bonchev–Trinajstić information content (AvgIpc) is 2.16. The van der Waals surface area contributed by atoms with Crippen molar-refractivity contribution in [1.82, 2.24) is 0 Å². The van der Waals surface area contributed by atoms with Gasteiger partial charge in [0.2, 0.25) is 0 Å². The number of esters is 1. The van der Waals surface area contributed by atoms with Crippen molar-refractivity contribution in [3.05, 3.63) is 35.4 Å². The molecule has 0 saturated carbocycles. The number of hydrogen-bond donors (Lipinski definition) is 1. The Hall–Kier alpha value is -1.35. The molecule has 0 saturated heterocycles. The summed E-state index contributed by atoms with van der Waals surface area (Å²) in [7, 11) is 0. The molecule has 0 amide bonds. The lowest BCUT2D eigenvalue weighted by molar-refractivity contribution is -0.149. The number of carbonyl (C=O) groups is 1. The lowest BCUT2D eigenvalue weighted by Gasteiger charge is -2.15. The highest BCUT2D eigenvalue weighted by Crippen LogP contribution is 2.16. The molecule has 0 aliphatic rings. The minimum absolute atomic E-state index is 0.132. The summed E-state index contributed by atoms with van der Waals surface area (Å²) in [6.07, 6.45) is -0.132. The maximum absolute atomic E-state index is 11.6. The second-order valence-corrected chi connectivity index (χ2v) is 3.82. The van der Waals surface area contributed by atoms with Crippen molar-refractivity contribution in [1.29, 1.82) is 0 Å². The van der Waals surface area contributed by atoms with Crippen LogP contribution in [0.1, 0.15) is 31.0 Å². The first-order valence-corrected chi connectivity index (χ1v) is 5.04. The summed E-state index contributed by atoms with van der Waals surface area (Å²) >= 11 is 0. The van der Waals surface area contributed by atoms with Gasteiger partial charge in [0.1, 0.15) is 6.04 Å². The van der Waals surface area contributed by atoms with Crippen LogP contribution in [0, 0.1) is 6.92 Å². The molecule has 15 heavy (non-hydrogen) atoms. The summed E-state index contributed by atoms with van der Waals surface area (Å²) in [4.78, 5) is 11.6. The number of rotatable bonds is 3. The average molecular weight is 207 g/mol. The molecule has 0 radical (unpaired) electrons. The van der Waals surface area contributed by atoms with Gasteiger partial charge in [-0.05, 0) is 31.9 Å². The van der Waals surface area contributed by atoms with E-state index in [1.54, 1.807) is 0 Å². The smallest absolute Gasteiger partial charge is 0.327 e. The van der Waals surface area contributed by atoms with Crippen molar-refractivity contribution in [3.8, 4) is 0 Å². The fourth-order valence-electron chi connectivity index (χ4n) is 1.37. The highest BCUT2D eigenvalue weighted by molar-refractivity contribution is 5.78. The molecule has 1 atom stereocenters. The second-order valence-electron chi connectivity index (χ2n) is 3.82. The topological polar surface area (TPSA) is 52.3 Å². The normalized spacial score (nSPS) is 12.6. The SMILES string of the molecule is Cc1ccccc1C(N)C(=O)OC(C)C. The number of benzene rings is 1. The predicted molar refractivity (Wildman–Crippen MR) is 59.3 cm³/mol. The highest BCUT2D eigenvalue weighted by atomic mass is 16.5. The zero-order chi connectivity index (χ0) is 11.4. The first kappa shape index (κ1) is 11.7. The molecular weight excluding hydrogens is 190 g/mol. The van der Waals surface area contributed by atoms with Crippen molar-refractivity contribution >= 4 is 5.97 Å². The molecule has 1 aromatic carbocycles. The molecule has 2 N–H and O–H groups in total. The molecule has 1 unspecified atom stereocenters. The van der Waals surface area contributed by atoms with Crippen LogP contribution in [0.25, 0.3) is 0 Å². The summed E-state index contributed by atoms with van der Waals surface area (Å²) < 4.78 is 5.06. The molecule has 0 spiro atoms. The number of nitrogens with two attached hydrogens (primary N) is 1. The largest absolute Gasteiger partial charge is 0.462 e. The van der Waals surface area contributed by atoms with E-state index in [0.717, 1.165) is 11.1 Å². The summed E-state index contributed by atoms with van der Waals surface area (Å²) in [5.41, 5.74) is 7.64. The van der Waals surface area contributed by atoms with Gasteiger partial charge in [0.25, 0.3) is 0 Å². The van der Waals surface area contributed by atoms with Crippen molar-refractivity contribution in [2.75, 3.05) is 0 Å². The third-order valence-electron chi connectivity index (χ3n) is 2.13. The van der Waals surface area contributed by atoms with Crippen LogP contribution < -0.4 is 5.73 Å². The number of aryl methyl sites for hydroxylation is 1. The van der Waals surface area contributed by atoms with Crippen LogP contribution >= 0.6 is 0 Å². The van der Waals surface area contributed by atoms with Crippen molar-refractivity contribution < 1.29 is 9.53 Å². The monoisotopic (exact) mass is 207 g/mol. The van der Waals surface area contributed by atoms with E-state index in [4.69, 9.17) is 10.5 Å². The molecule has 0 heterocycles. The lowest BCUT2D eigenvalue weighted by Crippen LogP contribution is -2.26. The summed E-state index contributed by atoms with van der Waals surface area (Å²) in [6.45, 7) is 5.54. The van der Waals surface area contributed by atoms with Gasteiger partial charge in [-0.1, -0.05) is 24.3 Å². The number of ether oxygens (including phenoxy) is 1. The molecule has 0 fully saturated rings. The Labute approximate surface area is 90.2 Å². The standard InChI is InChI=1S/C12H17NO2/c1-8(2)15-12(14)11(13)10-7-5-4-6-9(10)3/h4-8,11H,13H2,1-3H3. The molecule has 3 nitrogen and oxygen atoms in total. The Morgan fingerprint density at radius 3 is 2.47 bits per heavy atom. The van der Waals surface area contributed by atoms with E-state index in [1.807, 2.05) is 45.0 Å². The van der Waals surface area contributed by atoms with E-state index < -0.39 is 6.04 Å². The van der Waals surface area contributed by atoms with Crippen LogP contribution in [-0.4, -0.2) is 12.1 Å². The molecular formula is C12H17NO2. The van der Waals surface area contributed by atoms with E-state index in [0.29, 0.717) is 0 Å². The van der Waals surface area contributed by atoms with Gasteiger partial charge in [-0.3, -0.25) is 0 Å². The minimum Gasteiger partial charge on any atom is -0.462 e. The van der Waals surface area contributed by atoms with Crippen LogP contribution in [0.4, 0.5) is 0 Å². The molecule has 3 heteroatoms. The van der Waals surface area contributed by atoms with Crippen LogP contribution in [0.2, 0.25) is 0 Å². The zero-order valence-electron chi connectivity index (χ0n) is 9.36. The lowest BCUT2D eigenvalue weighted by atomic mass is 10.0. The Morgan fingerprint density at radius 2 is 1.93 bits per heavy atom. The van der Waals surface area contributed by atoms with Gasteiger partial charge < -0.3 is 10.5 Å². The van der Waals surface area contributed by atoms with E-state index in [-0.39, 0.29) is 12.1 Å². The van der Waals surface area contributed by atoms with E-state index in [9.17, 15) is 4.79 Å². The van der Waals surface area contributed by atoms with E-state index in [2.05, 4.69) is 0 Å². The van der Waals surface area contributed by atoms with Gasteiger partial charge >= 0.3 is 5.97 Å². The number of hydrogen-bond acceptors (Lipinski definition) is 3. The van der Waals surface area contributed by atoms with Gasteiger partial charge in [-0.25, -0.2) is 4.79 Å². The van der Waals surface area contributed by atoms with Gasteiger partial charge in [0, 0.05) is 0 Å². The summed E-state index contributed by atoms with van der Waals surface area (Å²) in [5, 5.41) is 0.